The quantitative estimate of drug-likeness (QED) is 0.200. The molecule has 1 aromatic heterocycles. The Morgan fingerprint density at radius 3 is 2.33 bits per heavy atom. The second-order valence-corrected chi connectivity index (χ2v) is 10.3. The summed E-state index contributed by atoms with van der Waals surface area (Å²) in [7, 11) is 0. The summed E-state index contributed by atoms with van der Waals surface area (Å²) in [5.74, 6) is -0.0159. The van der Waals surface area contributed by atoms with Crippen LogP contribution in [0.15, 0.2) is 72.8 Å². The molecule has 36 heavy (non-hydrogen) atoms. The van der Waals surface area contributed by atoms with Crippen molar-refractivity contribution in [3.8, 4) is 16.2 Å². The molecule has 4 nitrogen and oxygen atoms in total. The van der Waals surface area contributed by atoms with Crippen LogP contribution < -0.4 is 4.74 Å². The average Bonchev–Trinajstić information content (AvgIpc) is 3.51. The smallest absolute Gasteiger partial charge is 0.303 e. The van der Waals surface area contributed by atoms with Crippen molar-refractivity contribution in [2.45, 2.75) is 38.6 Å². The van der Waals surface area contributed by atoms with Gasteiger partial charge in [0.05, 0.1) is 6.61 Å². The van der Waals surface area contributed by atoms with Crippen molar-refractivity contribution in [2.24, 2.45) is 0 Å². The van der Waals surface area contributed by atoms with E-state index in [9.17, 15) is 4.79 Å². The number of carboxylic acids is 1. The number of carbonyl (C=O) groups is 1. The molecule has 0 aliphatic carbocycles. The number of rotatable bonds is 10. The number of benzene rings is 3. The number of thiophene rings is 1. The van der Waals surface area contributed by atoms with Crippen molar-refractivity contribution in [1.82, 2.24) is 4.90 Å². The molecule has 3 aromatic carbocycles. The fraction of sp³-hybridized carbons (Fsp3) is 0.300. The van der Waals surface area contributed by atoms with Crippen LogP contribution in [0.1, 0.15) is 42.4 Å². The Balaban J connectivity index is 0.00000304. The number of hydrogen-bond acceptors (Lipinski definition) is 4. The van der Waals surface area contributed by atoms with E-state index in [1.54, 1.807) is 0 Å². The molecule has 0 saturated carbocycles. The fourth-order valence-electron chi connectivity index (χ4n) is 4.79. The van der Waals surface area contributed by atoms with Crippen LogP contribution in [0.3, 0.4) is 0 Å². The molecule has 1 aliphatic rings. The van der Waals surface area contributed by atoms with Gasteiger partial charge < -0.3 is 9.84 Å². The molecule has 6 heteroatoms. The van der Waals surface area contributed by atoms with Crippen molar-refractivity contribution in [3.63, 3.8) is 0 Å². The van der Waals surface area contributed by atoms with Gasteiger partial charge in [-0.05, 0) is 96.7 Å². The molecule has 181 valence electrons. The Bertz CT molecular complexity index is 1280. The van der Waals surface area contributed by atoms with Crippen LogP contribution in [-0.2, 0) is 17.8 Å². The number of carboxylic acid groups (broad SMARTS) is 1. The minimum Gasteiger partial charge on any atom is -0.494 e. The third-order valence-corrected chi connectivity index (χ3v) is 7.89. The first-order valence-electron chi connectivity index (χ1n) is 12.4. The van der Waals surface area contributed by atoms with E-state index in [0.717, 1.165) is 18.7 Å². The summed E-state index contributed by atoms with van der Waals surface area (Å²) in [6.07, 6.45) is 4.18. The first kappa shape index (κ1) is 26.5. The third-order valence-electron chi connectivity index (χ3n) is 6.63. The Morgan fingerprint density at radius 2 is 1.61 bits per heavy atom. The van der Waals surface area contributed by atoms with Gasteiger partial charge in [0.25, 0.3) is 0 Å². The van der Waals surface area contributed by atoms with E-state index in [-0.39, 0.29) is 25.3 Å². The first-order valence-corrected chi connectivity index (χ1v) is 13.2. The van der Waals surface area contributed by atoms with Gasteiger partial charge in [0.1, 0.15) is 5.75 Å². The predicted octanol–water partition coefficient (Wildman–Crippen LogP) is 6.62. The predicted molar refractivity (Wildman–Crippen MR) is 149 cm³/mol. The monoisotopic (exact) mass is 492 g/mol. The maximum absolute atomic E-state index is 10.7. The van der Waals surface area contributed by atoms with Crippen molar-refractivity contribution in [3.05, 3.63) is 89.5 Å². The topological polar surface area (TPSA) is 49.8 Å². The fourth-order valence-corrected chi connectivity index (χ4v) is 6.02. The number of likely N-dealkylation sites (tertiary alicyclic amines) is 1. The number of ether oxygens (including phenoxy) is 1. The minimum atomic E-state index is -0.789. The molecule has 4 aromatic rings. The normalized spacial score (nSPS) is 13.6. The molecule has 2 heterocycles. The van der Waals surface area contributed by atoms with Crippen LogP contribution in [0, 0.1) is 0 Å². The van der Waals surface area contributed by atoms with Gasteiger partial charge in [-0.3, -0.25) is 9.69 Å². The summed E-state index contributed by atoms with van der Waals surface area (Å²) in [4.78, 5) is 14.5. The van der Waals surface area contributed by atoms with Gasteiger partial charge in [-0.1, -0.05) is 42.5 Å². The largest absolute Gasteiger partial charge is 0.494 e. The maximum atomic E-state index is 10.7. The third kappa shape index (κ3) is 6.60. The summed E-state index contributed by atoms with van der Waals surface area (Å²) in [5.41, 5.74) is 5.28. The zero-order chi connectivity index (χ0) is 24.0. The molecule has 5 rings (SSSR count). The molecule has 1 fully saturated rings. The van der Waals surface area contributed by atoms with Crippen LogP contribution in [0.2, 0.25) is 0 Å². The molecular formula is C30H31LiNO3S. The molecule has 0 atom stereocenters. The molecule has 0 amide bonds. The molecule has 0 bridgehead atoms. The van der Waals surface area contributed by atoms with E-state index >= 15 is 0 Å². The second kappa shape index (κ2) is 12.6. The van der Waals surface area contributed by atoms with Crippen molar-refractivity contribution < 1.29 is 14.6 Å². The van der Waals surface area contributed by atoms with Crippen LogP contribution in [0.4, 0.5) is 0 Å². The van der Waals surface area contributed by atoms with Crippen LogP contribution >= 0.6 is 11.3 Å². The number of fused-ring (bicyclic) bond motifs is 1. The Labute approximate surface area is 229 Å². The minimum absolute atomic E-state index is 0. The van der Waals surface area contributed by atoms with E-state index in [2.05, 4.69) is 65.6 Å². The van der Waals surface area contributed by atoms with Gasteiger partial charge in [-0.25, -0.2) is 0 Å². The number of aliphatic carboxylic acids is 1. The van der Waals surface area contributed by atoms with Gasteiger partial charge in [0.2, 0.25) is 0 Å². The van der Waals surface area contributed by atoms with Crippen LogP contribution in [0.5, 0.6) is 5.75 Å². The summed E-state index contributed by atoms with van der Waals surface area (Å²) in [6.45, 7) is 3.90. The standard InChI is InChI=1S/C30H31NO3S.Li/c32-29(33)8-5-19-34-25-15-13-24(14-16-25)30-27(26-6-1-2-7-28(26)35-30)20-22-9-11-23(12-10-22)21-31-17-3-4-18-31;/h1-2,6-7,9-16H,3-5,8,17-21H2,(H,32,33);. The Kier molecular flexibility index (Phi) is 9.28. The van der Waals surface area contributed by atoms with Crippen molar-refractivity contribution >= 4 is 46.3 Å². The van der Waals surface area contributed by atoms with E-state index in [4.69, 9.17) is 9.84 Å². The van der Waals surface area contributed by atoms with E-state index < -0.39 is 5.97 Å². The van der Waals surface area contributed by atoms with Gasteiger partial charge in [-0.15, -0.1) is 11.3 Å². The summed E-state index contributed by atoms with van der Waals surface area (Å²) in [5, 5.41) is 10.1. The zero-order valence-electron chi connectivity index (χ0n) is 20.9. The van der Waals surface area contributed by atoms with Crippen LogP contribution in [0.25, 0.3) is 20.5 Å². The number of nitrogens with zero attached hydrogens (tertiary/aromatic N) is 1. The molecule has 0 spiro atoms. The first-order chi connectivity index (χ1) is 17.2. The van der Waals surface area contributed by atoms with Crippen LogP contribution in [-0.4, -0.2) is 54.5 Å². The molecule has 1 N–H and O–H groups in total. The molecule has 0 unspecified atom stereocenters. The van der Waals surface area contributed by atoms with Gasteiger partial charge in [0.15, 0.2) is 0 Å². The molecular weight excluding hydrogens is 461 g/mol. The second-order valence-electron chi connectivity index (χ2n) is 9.25. The van der Waals surface area contributed by atoms with E-state index in [1.165, 1.54) is 63.1 Å². The van der Waals surface area contributed by atoms with Gasteiger partial charge in [-0.2, -0.15) is 0 Å². The summed E-state index contributed by atoms with van der Waals surface area (Å²) in [6, 6.07) is 26.0. The molecule has 1 aliphatic heterocycles. The average molecular weight is 493 g/mol. The SMILES string of the molecule is O=C(O)CCCOc1ccc(-c2sc3ccccc3c2Cc2ccc(CN3CCCC3)cc2)cc1.[Li]. The number of hydrogen-bond donors (Lipinski definition) is 1. The van der Waals surface area contributed by atoms with Crippen molar-refractivity contribution in [2.75, 3.05) is 19.7 Å². The maximum Gasteiger partial charge on any atom is 0.303 e. The van der Waals surface area contributed by atoms with Gasteiger partial charge in [0, 0.05) is 41.4 Å². The molecule has 1 saturated heterocycles. The summed E-state index contributed by atoms with van der Waals surface area (Å²) < 4.78 is 7.03. The molecule has 1 radical (unpaired) electrons. The summed E-state index contributed by atoms with van der Waals surface area (Å²) >= 11 is 1.84. The Hall–Kier alpha value is -2.55. The van der Waals surface area contributed by atoms with E-state index in [0.29, 0.717) is 13.0 Å². The van der Waals surface area contributed by atoms with Crippen molar-refractivity contribution in [1.29, 1.82) is 0 Å². The van der Waals surface area contributed by atoms with E-state index in [1.807, 2.05) is 23.5 Å². The Morgan fingerprint density at radius 1 is 0.917 bits per heavy atom. The van der Waals surface area contributed by atoms with Gasteiger partial charge >= 0.3 is 5.97 Å². The zero-order valence-corrected chi connectivity index (χ0v) is 21.7.